The van der Waals surface area contributed by atoms with Crippen LogP contribution in [0.2, 0.25) is 0 Å². The van der Waals surface area contributed by atoms with Crippen molar-refractivity contribution in [2.75, 3.05) is 12.4 Å². The minimum absolute atomic E-state index is 0.0240. The fraction of sp³-hybridized carbons (Fsp3) is 0.190. The van der Waals surface area contributed by atoms with E-state index in [9.17, 15) is 22.8 Å². The third kappa shape index (κ3) is 4.38. The fourth-order valence-corrected chi connectivity index (χ4v) is 3.90. The topological polar surface area (TPSA) is 119 Å². The number of H-pyrrole nitrogens is 1. The lowest BCUT2D eigenvalue weighted by Gasteiger charge is -2.13. The van der Waals surface area contributed by atoms with Gasteiger partial charge in [-0.25, -0.2) is 19.7 Å². The van der Waals surface area contributed by atoms with Crippen LogP contribution >= 0.6 is 15.9 Å². The van der Waals surface area contributed by atoms with E-state index < -0.39 is 23.5 Å². The van der Waals surface area contributed by atoms with Crippen molar-refractivity contribution in [3.8, 4) is 11.5 Å². The van der Waals surface area contributed by atoms with Crippen molar-refractivity contribution < 1.29 is 27.4 Å². The van der Waals surface area contributed by atoms with Crippen LogP contribution in [0.4, 0.5) is 25.1 Å². The Morgan fingerprint density at radius 3 is 2.56 bits per heavy atom. The molecule has 0 saturated heterocycles. The molecule has 0 saturated carbocycles. The van der Waals surface area contributed by atoms with E-state index in [0.717, 1.165) is 5.39 Å². The number of carbonyl (C=O) groups excluding carboxylic acids is 1. The Morgan fingerprint density at radius 2 is 1.88 bits per heavy atom. The average Bonchev–Trinajstić information content (AvgIpc) is 2.75. The summed E-state index contributed by atoms with van der Waals surface area (Å²) < 4.78 is 48.2. The molecule has 2 heterocycles. The number of halogens is 4. The molecule has 0 aliphatic rings. The van der Waals surface area contributed by atoms with Gasteiger partial charge in [0.05, 0.1) is 23.8 Å². The molecule has 0 unspecified atom stereocenters. The van der Waals surface area contributed by atoms with Crippen LogP contribution in [0.25, 0.3) is 21.8 Å². The molecular formula is C21H15BrF3N5O4. The maximum absolute atomic E-state index is 12.8. The number of alkyl halides is 3. The molecule has 0 aliphatic heterocycles. The smallest absolute Gasteiger partial charge is 0.491 e. The molecule has 0 fully saturated rings. The van der Waals surface area contributed by atoms with Crippen LogP contribution in [0.15, 0.2) is 33.5 Å². The van der Waals surface area contributed by atoms with Gasteiger partial charge in [0.2, 0.25) is 11.9 Å². The molecular weight excluding hydrogens is 523 g/mol. The molecule has 0 amide bonds. The highest BCUT2D eigenvalue weighted by Gasteiger charge is 2.42. The monoisotopic (exact) mass is 537 g/mol. The molecule has 34 heavy (non-hydrogen) atoms. The number of carbonyl (C=O) groups is 1. The van der Waals surface area contributed by atoms with Crippen LogP contribution in [-0.2, 0) is 4.79 Å². The molecule has 0 radical (unpaired) electrons. The first-order valence-corrected chi connectivity index (χ1v) is 10.4. The summed E-state index contributed by atoms with van der Waals surface area (Å²) in [6.45, 7) is 3.17. The number of aromatic amines is 1. The number of ether oxygens (including phenoxy) is 2. The van der Waals surface area contributed by atoms with E-state index in [1.54, 1.807) is 32.2 Å². The number of rotatable bonds is 4. The Morgan fingerprint density at radius 1 is 1.15 bits per heavy atom. The largest absolute Gasteiger partial charge is 0.497 e. The third-order valence-corrected chi connectivity index (χ3v) is 5.43. The molecule has 0 aliphatic carbocycles. The number of aryl methyl sites for hydroxylation is 2. The number of hydrogen-bond donors (Lipinski definition) is 2. The van der Waals surface area contributed by atoms with Crippen LogP contribution in [0, 0.1) is 13.8 Å². The normalized spacial score (nSPS) is 11.6. The molecule has 176 valence electrons. The van der Waals surface area contributed by atoms with Gasteiger partial charge >= 0.3 is 12.1 Å². The summed E-state index contributed by atoms with van der Waals surface area (Å²) in [4.78, 5) is 39.6. The molecule has 2 aromatic heterocycles. The second-order valence-electron chi connectivity index (χ2n) is 7.17. The van der Waals surface area contributed by atoms with Gasteiger partial charge in [-0.3, -0.25) is 15.1 Å². The number of esters is 1. The van der Waals surface area contributed by atoms with E-state index in [4.69, 9.17) is 4.74 Å². The van der Waals surface area contributed by atoms with Crippen molar-refractivity contribution in [3.63, 3.8) is 0 Å². The SMILES string of the molecule is COc1ccc2nc(Nc3nc4c(Br)cc(C)c(OC(=O)C(F)(F)F)c4c(=O)[nH]3)nc(C)c2c1. The highest BCUT2D eigenvalue weighted by Crippen LogP contribution is 2.34. The Balaban J connectivity index is 1.78. The molecule has 9 nitrogen and oxygen atoms in total. The van der Waals surface area contributed by atoms with E-state index in [1.807, 2.05) is 0 Å². The summed E-state index contributed by atoms with van der Waals surface area (Å²) in [6.07, 6.45) is -5.23. The molecule has 2 aromatic carbocycles. The lowest BCUT2D eigenvalue weighted by molar-refractivity contribution is -0.189. The van der Waals surface area contributed by atoms with E-state index >= 15 is 0 Å². The first-order chi connectivity index (χ1) is 16.0. The molecule has 13 heteroatoms. The highest BCUT2D eigenvalue weighted by atomic mass is 79.9. The molecule has 2 N–H and O–H groups in total. The van der Waals surface area contributed by atoms with Gasteiger partial charge in [-0.15, -0.1) is 0 Å². The van der Waals surface area contributed by atoms with E-state index in [2.05, 4.69) is 45.9 Å². The van der Waals surface area contributed by atoms with Gasteiger partial charge in [0.15, 0.2) is 0 Å². The van der Waals surface area contributed by atoms with Crippen LogP contribution < -0.4 is 20.3 Å². The van der Waals surface area contributed by atoms with Crippen molar-refractivity contribution in [1.29, 1.82) is 0 Å². The molecule has 4 rings (SSSR count). The number of hydrogen-bond acceptors (Lipinski definition) is 8. The summed E-state index contributed by atoms with van der Waals surface area (Å²) >= 11 is 3.25. The van der Waals surface area contributed by atoms with Gasteiger partial charge in [-0.2, -0.15) is 13.2 Å². The summed E-state index contributed by atoms with van der Waals surface area (Å²) in [7, 11) is 1.55. The third-order valence-electron chi connectivity index (χ3n) is 4.82. The first-order valence-electron chi connectivity index (χ1n) is 9.59. The summed E-state index contributed by atoms with van der Waals surface area (Å²) in [6, 6.07) is 6.65. The maximum atomic E-state index is 12.8. The second kappa shape index (κ2) is 8.56. The lowest BCUT2D eigenvalue weighted by atomic mass is 10.1. The molecule has 0 atom stereocenters. The summed E-state index contributed by atoms with van der Waals surface area (Å²) in [5.41, 5.74) is 0.520. The number of nitrogens with one attached hydrogen (secondary N) is 2. The van der Waals surface area contributed by atoms with Gasteiger partial charge in [0, 0.05) is 9.86 Å². The van der Waals surface area contributed by atoms with Crippen molar-refractivity contribution in [3.05, 3.63) is 50.3 Å². The first kappa shape index (κ1) is 23.4. The fourth-order valence-electron chi connectivity index (χ4n) is 3.27. The van der Waals surface area contributed by atoms with Gasteiger partial charge in [0.1, 0.15) is 16.9 Å². The minimum atomic E-state index is -5.23. The molecule has 0 bridgehead atoms. The van der Waals surface area contributed by atoms with Gasteiger partial charge in [-0.1, -0.05) is 0 Å². The number of anilines is 2. The zero-order valence-electron chi connectivity index (χ0n) is 17.8. The van der Waals surface area contributed by atoms with Crippen LogP contribution in [0.5, 0.6) is 11.5 Å². The Kier molecular flexibility index (Phi) is 5.89. The van der Waals surface area contributed by atoms with Crippen LogP contribution in [-0.4, -0.2) is 39.2 Å². The number of methoxy groups -OCH3 is 1. The Hall–Kier alpha value is -3.74. The van der Waals surface area contributed by atoms with Gasteiger partial charge < -0.3 is 9.47 Å². The molecule has 4 aromatic rings. The number of aromatic nitrogens is 4. The zero-order chi connectivity index (χ0) is 24.8. The second-order valence-corrected chi connectivity index (χ2v) is 8.02. The highest BCUT2D eigenvalue weighted by molar-refractivity contribution is 9.10. The Labute approximate surface area is 197 Å². The Bertz CT molecular complexity index is 1520. The van der Waals surface area contributed by atoms with Gasteiger partial charge in [0.25, 0.3) is 5.56 Å². The van der Waals surface area contributed by atoms with Crippen molar-refractivity contribution in [2.24, 2.45) is 0 Å². The minimum Gasteiger partial charge on any atom is -0.497 e. The van der Waals surface area contributed by atoms with Crippen LogP contribution in [0.1, 0.15) is 11.3 Å². The van der Waals surface area contributed by atoms with E-state index in [-0.39, 0.29) is 28.4 Å². The predicted octanol–water partition coefficient (Wildman–Crippen LogP) is 4.47. The zero-order valence-corrected chi connectivity index (χ0v) is 19.4. The van der Waals surface area contributed by atoms with Crippen LogP contribution in [0.3, 0.4) is 0 Å². The van der Waals surface area contributed by atoms with Gasteiger partial charge in [-0.05, 0) is 59.6 Å². The van der Waals surface area contributed by atoms with Crippen molar-refractivity contribution in [2.45, 2.75) is 20.0 Å². The van der Waals surface area contributed by atoms with E-state index in [1.165, 1.54) is 13.0 Å². The quantitative estimate of drug-likeness (QED) is 0.289. The number of nitrogens with zero attached hydrogens (tertiary/aromatic N) is 3. The standard InChI is InChI=1S/C21H15BrF3N5O4/c1-8-6-12(22)15-14(16(8)34-18(32)21(23,24)25)17(31)29-20(28-15)30-19-26-9(2)11-7-10(33-3)4-5-13(11)27-19/h4-7H,1-3H3,(H2,26,27,28,29,30,31). The van der Waals surface area contributed by atoms with E-state index in [0.29, 0.717) is 21.4 Å². The maximum Gasteiger partial charge on any atom is 0.491 e. The number of benzene rings is 2. The lowest BCUT2D eigenvalue weighted by Crippen LogP contribution is -2.29. The summed E-state index contributed by atoms with van der Waals surface area (Å²) in [5.74, 6) is -2.28. The molecule has 0 spiro atoms. The van der Waals surface area contributed by atoms with Crippen molar-refractivity contribution in [1.82, 2.24) is 19.9 Å². The van der Waals surface area contributed by atoms with Crippen molar-refractivity contribution >= 4 is 55.6 Å². The average molecular weight is 538 g/mol. The summed E-state index contributed by atoms with van der Waals surface area (Å²) in [5, 5.41) is 3.24. The number of fused-ring (bicyclic) bond motifs is 2. The predicted molar refractivity (Wildman–Crippen MR) is 121 cm³/mol.